The molecule has 0 aromatic carbocycles. The van der Waals surface area contributed by atoms with Gasteiger partial charge in [-0.05, 0) is 12.8 Å². The van der Waals surface area contributed by atoms with Gasteiger partial charge < -0.3 is 7.59 Å². The second-order valence-corrected chi connectivity index (χ2v) is 1.32. The van der Waals surface area contributed by atoms with Gasteiger partial charge in [-0.2, -0.15) is 0 Å². The van der Waals surface area contributed by atoms with E-state index in [0.29, 0.717) is 0 Å². The van der Waals surface area contributed by atoms with Gasteiger partial charge in [-0.25, -0.2) is 0 Å². The summed E-state index contributed by atoms with van der Waals surface area (Å²) in [4.78, 5) is 0. The Bertz CT molecular complexity index is 30.1. The number of ether oxygens (including phenoxy) is 1. The van der Waals surface area contributed by atoms with Crippen LogP contribution < -0.4 is 0 Å². The molecule has 0 unspecified atom stereocenters. The van der Waals surface area contributed by atoms with E-state index in [-0.39, 0.29) is 43.3 Å². The van der Waals surface area contributed by atoms with Crippen molar-refractivity contribution in [2.24, 2.45) is 0 Å². The van der Waals surface area contributed by atoms with Gasteiger partial charge in [0.15, 0.2) is 17.4 Å². The monoisotopic (exact) mass is 128 g/mol. The quantitative estimate of drug-likeness (QED) is 0.398. The van der Waals surface area contributed by atoms with E-state index in [1.807, 2.05) is 0 Å². The fourth-order valence-electron chi connectivity index (χ4n) is 0.510. The minimum atomic E-state index is 0. The van der Waals surface area contributed by atoms with Crippen molar-refractivity contribution in [1.82, 2.24) is 0 Å². The van der Waals surface area contributed by atoms with E-state index in [4.69, 9.17) is 4.74 Å². The molecule has 0 N–H and O–H groups in total. The van der Waals surface area contributed by atoms with Crippen LogP contribution in [0, 0.1) is 0 Å². The molecule has 1 nitrogen and oxygen atoms in total. The summed E-state index contributed by atoms with van der Waals surface area (Å²) in [5.41, 5.74) is 0. The molecule has 40 valence electrons. The molecule has 1 aliphatic heterocycles. The van der Waals surface area contributed by atoms with Crippen LogP contribution in [0.1, 0.15) is 15.7 Å². The Labute approximate surface area is 74.1 Å². The Kier molecular flexibility index (Phi) is 11.5. The molecule has 1 fully saturated rings. The first-order valence-electron chi connectivity index (χ1n) is 2.08. The van der Waals surface area contributed by atoms with Gasteiger partial charge >= 0.3 is 23.1 Å². The van der Waals surface area contributed by atoms with Gasteiger partial charge in [-0.15, -0.1) is 0 Å². The zero-order chi connectivity index (χ0) is 3.54. The smallest absolute Gasteiger partial charge is 1.00 e. The normalized spacial score (nSPS) is 17.1. The van der Waals surface area contributed by atoms with Crippen LogP contribution in [0.3, 0.4) is 0 Å². The van der Waals surface area contributed by atoms with Crippen molar-refractivity contribution in [3.05, 3.63) is 0 Å². The first-order chi connectivity index (χ1) is 2.50. The molecule has 1 heterocycles. The first kappa shape index (κ1) is 11.1. The van der Waals surface area contributed by atoms with Gasteiger partial charge in [0, 0.05) is 13.2 Å². The summed E-state index contributed by atoms with van der Waals surface area (Å²) in [7, 11) is 0. The van der Waals surface area contributed by atoms with Crippen LogP contribution in [0.5, 0.6) is 0 Å². The van der Waals surface area contributed by atoms with E-state index in [0.717, 1.165) is 13.2 Å². The third kappa shape index (κ3) is 5.12. The number of rotatable bonds is 0. The zero-order valence-corrected chi connectivity index (χ0v) is 5.36. The average molecular weight is 128 g/mol. The van der Waals surface area contributed by atoms with Crippen LogP contribution in [0.4, 0.5) is 0 Å². The van der Waals surface area contributed by atoms with Crippen molar-refractivity contribution in [3.63, 3.8) is 0 Å². The Balaban J connectivity index is -0.0000000312. The second-order valence-electron chi connectivity index (χ2n) is 1.32. The predicted octanol–water partition coefficient (Wildman–Crippen LogP) is -0.543. The molecule has 0 aromatic heterocycles. The molecule has 0 radical (unpaired) electrons. The van der Waals surface area contributed by atoms with Gasteiger partial charge in [0.1, 0.15) is 0 Å². The van der Waals surface area contributed by atoms with Gasteiger partial charge in [0.2, 0.25) is 0 Å². The Morgan fingerprint density at radius 3 is 1.71 bits per heavy atom. The number of hydrogen-bond donors (Lipinski definition) is 0. The zero-order valence-electron chi connectivity index (χ0n) is 5.94. The van der Waals surface area contributed by atoms with Crippen LogP contribution in [-0.4, -0.2) is 53.6 Å². The third-order valence-corrected chi connectivity index (χ3v) is 0.827. The fraction of sp³-hybridized carbons (Fsp3) is 1.00. The van der Waals surface area contributed by atoms with Crippen LogP contribution in [0.15, 0.2) is 0 Å². The second kappa shape index (κ2) is 7.26. The summed E-state index contributed by atoms with van der Waals surface area (Å²) in [6.45, 7) is 2.00. The molecule has 3 heteroatoms. The van der Waals surface area contributed by atoms with E-state index < -0.39 is 0 Å². The minimum absolute atomic E-state index is 0. The molecule has 1 aliphatic rings. The first-order valence-corrected chi connectivity index (χ1v) is 2.08. The van der Waals surface area contributed by atoms with Gasteiger partial charge in [-0.1, -0.05) is 0 Å². The summed E-state index contributed by atoms with van der Waals surface area (Å²) >= 11 is 0. The molecule has 0 spiro atoms. The number of hydrogen-bond acceptors (Lipinski definition) is 1. The SMILES string of the molecule is C1CCOC1.[AlH3].[H-].[H-].[Mg+2]. The van der Waals surface area contributed by atoms with Gasteiger partial charge in [0.05, 0.1) is 0 Å². The van der Waals surface area contributed by atoms with E-state index in [9.17, 15) is 0 Å². The summed E-state index contributed by atoms with van der Waals surface area (Å²) in [5, 5.41) is 0. The maximum atomic E-state index is 4.94. The van der Waals surface area contributed by atoms with Crippen molar-refractivity contribution in [1.29, 1.82) is 0 Å². The van der Waals surface area contributed by atoms with E-state index >= 15 is 0 Å². The van der Waals surface area contributed by atoms with Crippen molar-refractivity contribution in [2.75, 3.05) is 13.2 Å². The summed E-state index contributed by atoms with van der Waals surface area (Å²) in [6, 6.07) is 0. The average Bonchev–Trinajstić information content (AvgIpc) is 1.76. The summed E-state index contributed by atoms with van der Waals surface area (Å²) in [6.07, 6.45) is 2.56. The Morgan fingerprint density at radius 1 is 1.14 bits per heavy atom. The molecule has 0 bridgehead atoms. The van der Waals surface area contributed by atoms with Crippen molar-refractivity contribution < 1.29 is 7.59 Å². The predicted molar refractivity (Wildman–Crippen MR) is 38.0 cm³/mol. The maximum Gasteiger partial charge on any atom is 2.00 e. The van der Waals surface area contributed by atoms with Crippen LogP contribution in [-0.2, 0) is 4.74 Å². The van der Waals surface area contributed by atoms with E-state index in [1.54, 1.807) is 0 Å². The molecule has 0 aliphatic carbocycles. The molecule has 7 heavy (non-hydrogen) atoms. The van der Waals surface area contributed by atoms with Crippen LogP contribution in [0.2, 0.25) is 0 Å². The fourth-order valence-corrected chi connectivity index (χ4v) is 0.510. The summed E-state index contributed by atoms with van der Waals surface area (Å²) in [5.74, 6) is 0. The molecule has 0 atom stereocenters. The maximum absolute atomic E-state index is 4.94. The Hall–Kier alpha value is 1.26. The van der Waals surface area contributed by atoms with E-state index in [1.165, 1.54) is 12.8 Å². The molecule has 0 aromatic rings. The standard InChI is InChI=1S/C4H8O.Al.Mg.5H/c1-2-4-5-3-1;;;;;;;/h1-4H2;;;;;;;/q;;+2;;;;2*-1. The Morgan fingerprint density at radius 2 is 1.57 bits per heavy atom. The van der Waals surface area contributed by atoms with Crippen molar-refractivity contribution >= 4 is 40.4 Å². The van der Waals surface area contributed by atoms with Crippen LogP contribution >= 0.6 is 0 Å². The van der Waals surface area contributed by atoms with E-state index in [2.05, 4.69) is 0 Å². The largest absolute Gasteiger partial charge is 2.00 e. The molecule has 1 rings (SSSR count). The summed E-state index contributed by atoms with van der Waals surface area (Å²) < 4.78 is 4.94. The molecular formula is C4H13AlMgO. The molecular weight excluding hydrogens is 115 g/mol. The van der Waals surface area contributed by atoms with Crippen molar-refractivity contribution in [3.8, 4) is 0 Å². The van der Waals surface area contributed by atoms with Gasteiger partial charge in [-0.3, -0.25) is 0 Å². The van der Waals surface area contributed by atoms with Gasteiger partial charge in [0.25, 0.3) is 0 Å². The molecule has 0 saturated carbocycles. The van der Waals surface area contributed by atoms with Crippen LogP contribution in [0.25, 0.3) is 0 Å². The topological polar surface area (TPSA) is 9.23 Å². The molecule has 1 saturated heterocycles. The van der Waals surface area contributed by atoms with Crippen molar-refractivity contribution in [2.45, 2.75) is 12.8 Å². The minimum Gasteiger partial charge on any atom is -1.00 e. The molecule has 0 amide bonds. The third-order valence-electron chi connectivity index (χ3n) is 0.827.